The highest BCUT2D eigenvalue weighted by Gasteiger charge is 2.03. The van der Waals surface area contributed by atoms with Crippen molar-refractivity contribution < 1.29 is 9.90 Å². The highest BCUT2D eigenvalue weighted by atomic mass is 35.5. The molecule has 0 spiro atoms. The number of benzene rings is 1. The number of carboxylic acid groups (broad SMARTS) is 1. The van der Waals surface area contributed by atoms with Gasteiger partial charge in [-0.3, -0.25) is 0 Å². The molecule has 1 rings (SSSR count). The van der Waals surface area contributed by atoms with Crippen LogP contribution in [0.2, 0.25) is 0 Å². The average Bonchev–Trinajstić information content (AvgIpc) is 2.03. The first-order valence-electron chi connectivity index (χ1n) is 3.24. The Hall–Kier alpha value is -1.66. The summed E-state index contributed by atoms with van der Waals surface area (Å²) in [5, 5.41) is 8.61. The molecule has 0 amide bonds. The first kappa shape index (κ1) is 11.3. The van der Waals surface area contributed by atoms with Crippen LogP contribution < -0.4 is 5.73 Å². The minimum atomic E-state index is -1.03. The van der Waals surface area contributed by atoms with Crippen LogP contribution in [0.5, 0.6) is 0 Å². The number of nitrogens with two attached hydrogens (primary N) is 1. The molecule has 0 saturated heterocycles. The Morgan fingerprint density at radius 3 is 2.54 bits per heavy atom. The second-order valence-electron chi connectivity index (χ2n) is 2.29. The van der Waals surface area contributed by atoms with Gasteiger partial charge in [-0.15, -0.1) is 18.8 Å². The lowest BCUT2D eigenvalue weighted by atomic mass is 10.1. The summed E-state index contributed by atoms with van der Waals surface area (Å²) in [5.41, 5.74) is 6.37. The molecule has 0 radical (unpaired) electrons. The predicted molar refractivity (Wildman–Crippen MR) is 53.0 cm³/mol. The molecule has 0 atom stereocenters. The van der Waals surface area contributed by atoms with E-state index in [0.29, 0.717) is 11.3 Å². The van der Waals surface area contributed by atoms with E-state index < -0.39 is 5.97 Å². The van der Waals surface area contributed by atoms with Crippen LogP contribution in [0, 0.1) is 12.3 Å². The number of rotatable bonds is 1. The van der Waals surface area contributed by atoms with Gasteiger partial charge in [0, 0.05) is 11.3 Å². The average molecular weight is 198 g/mol. The molecule has 1 aromatic carbocycles. The van der Waals surface area contributed by atoms with E-state index in [1.165, 1.54) is 12.1 Å². The summed E-state index contributed by atoms with van der Waals surface area (Å²) in [6, 6.07) is 4.31. The lowest BCUT2D eigenvalue weighted by Crippen LogP contribution is -1.98. The molecule has 0 aromatic heterocycles. The van der Waals surface area contributed by atoms with Crippen molar-refractivity contribution in [2.45, 2.75) is 0 Å². The first-order chi connectivity index (χ1) is 5.63. The highest BCUT2D eigenvalue weighted by molar-refractivity contribution is 5.89. The van der Waals surface area contributed by atoms with Crippen molar-refractivity contribution in [3.63, 3.8) is 0 Å². The zero-order chi connectivity index (χ0) is 9.14. The van der Waals surface area contributed by atoms with Crippen molar-refractivity contribution in [3.8, 4) is 12.3 Å². The molecule has 0 saturated carbocycles. The summed E-state index contributed by atoms with van der Waals surface area (Å²) >= 11 is 0. The van der Waals surface area contributed by atoms with Gasteiger partial charge in [-0.05, 0) is 18.2 Å². The van der Waals surface area contributed by atoms with Gasteiger partial charge in [0.25, 0.3) is 0 Å². The minimum Gasteiger partial charge on any atom is -0.478 e. The SMILES string of the molecule is C#Cc1cc(N)cc(C(=O)O)c1.Cl. The van der Waals surface area contributed by atoms with E-state index in [0.717, 1.165) is 0 Å². The molecule has 0 heterocycles. The Labute approximate surface area is 82.0 Å². The molecule has 0 unspecified atom stereocenters. The number of anilines is 1. The summed E-state index contributed by atoms with van der Waals surface area (Å²) in [6.07, 6.45) is 5.09. The Bertz CT molecular complexity index is 368. The lowest BCUT2D eigenvalue weighted by Gasteiger charge is -1.98. The summed E-state index contributed by atoms with van der Waals surface area (Å²) in [6.45, 7) is 0. The highest BCUT2D eigenvalue weighted by Crippen LogP contribution is 2.10. The molecular formula is C9H8ClNO2. The third kappa shape index (κ3) is 2.69. The van der Waals surface area contributed by atoms with Crippen molar-refractivity contribution in [3.05, 3.63) is 29.3 Å². The quantitative estimate of drug-likeness (QED) is 0.528. The topological polar surface area (TPSA) is 63.3 Å². The number of carboxylic acids is 1. The summed E-state index contributed by atoms with van der Waals surface area (Å²) in [7, 11) is 0. The Balaban J connectivity index is 0.00000144. The van der Waals surface area contributed by atoms with Crippen molar-refractivity contribution in [2.75, 3.05) is 5.73 Å². The van der Waals surface area contributed by atoms with E-state index in [2.05, 4.69) is 5.92 Å². The third-order valence-electron chi connectivity index (χ3n) is 1.37. The van der Waals surface area contributed by atoms with Crippen molar-refractivity contribution in [1.29, 1.82) is 0 Å². The molecule has 1 aromatic rings. The largest absolute Gasteiger partial charge is 0.478 e. The minimum absolute atomic E-state index is 0. The van der Waals surface area contributed by atoms with Gasteiger partial charge < -0.3 is 10.8 Å². The molecule has 3 N–H and O–H groups in total. The molecule has 68 valence electrons. The fourth-order valence-electron chi connectivity index (χ4n) is 0.858. The van der Waals surface area contributed by atoms with Gasteiger partial charge in [0.1, 0.15) is 0 Å². The van der Waals surface area contributed by atoms with Crippen LogP contribution in [0.25, 0.3) is 0 Å². The van der Waals surface area contributed by atoms with E-state index in [-0.39, 0.29) is 18.0 Å². The maximum Gasteiger partial charge on any atom is 0.335 e. The molecular weight excluding hydrogens is 190 g/mol. The predicted octanol–water partition coefficient (Wildman–Crippen LogP) is 1.37. The van der Waals surface area contributed by atoms with E-state index in [1.54, 1.807) is 6.07 Å². The number of halogens is 1. The Kier molecular flexibility index (Phi) is 3.83. The molecule has 0 fully saturated rings. The molecule has 0 aliphatic carbocycles. The molecule has 3 nitrogen and oxygen atoms in total. The van der Waals surface area contributed by atoms with Crippen LogP contribution in [-0.2, 0) is 0 Å². The Morgan fingerprint density at radius 1 is 1.46 bits per heavy atom. The number of terminal acetylenes is 1. The monoisotopic (exact) mass is 197 g/mol. The smallest absolute Gasteiger partial charge is 0.335 e. The fourth-order valence-corrected chi connectivity index (χ4v) is 0.858. The van der Waals surface area contributed by atoms with Crippen LogP contribution in [0.3, 0.4) is 0 Å². The second kappa shape index (κ2) is 4.39. The van der Waals surface area contributed by atoms with Gasteiger partial charge >= 0.3 is 5.97 Å². The number of hydrogen-bond acceptors (Lipinski definition) is 2. The van der Waals surface area contributed by atoms with E-state index in [1.807, 2.05) is 0 Å². The first-order valence-corrected chi connectivity index (χ1v) is 3.24. The van der Waals surface area contributed by atoms with Gasteiger partial charge in [0.15, 0.2) is 0 Å². The van der Waals surface area contributed by atoms with Gasteiger partial charge in [-0.25, -0.2) is 4.79 Å². The molecule has 0 aliphatic heterocycles. The maximum absolute atomic E-state index is 10.5. The number of nitrogen functional groups attached to an aromatic ring is 1. The zero-order valence-electron chi connectivity index (χ0n) is 6.65. The van der Waals surface area contributed by atoms with Crippen LogP contribution >= 0.6 is 12.4 Å². The summed E-state index contributed by atoms with van der Waals surface area (Å²) in [4.78, 5) is 10.5. The van der Waals surface area contributed by atoms with Crippen LogP contribution in [0.1, 0.15) is 15.9 Å². The fraction of sp³-hybridized carbons (Fsp3) is 0. The van der Waals surface area contributed by atoms with Crippen molar-refractivity contribution in [2.24, 2.45) is 0 Å². The summed E-state index contributed by atoms with van der Waals surface area (Å²) in [5.74, 6) is 1.29. The van der Waals surface area contributed by atoms with Crippen LogP contribution in [0.4, 0.5) is 5.69 Å². The molecule has 0 aliphatic rings. The van der Waals surface area contributed by atoms with Gasteiger partial charge in [0.05, 0.1) is 5.56 Å². The van der Waals surface area contributed by atoms with Gasteiger partial charge in [-0.1, -0.05) is 5.92 Å². The normalized spacial score (nSPS) is 8.23. The second-order valence-corrected chi connectivity index (χ2v) is 2.29. The van der Waals surface area contributed by atoms with E-state index in [9.17, 15) is 4.79 Å². The number of carbonyl (C=O) groups is 1. The molecule has 4 heteroatoms. The number of hydrogen-bond donors (Lipinski definition) is 2. The zero-order valence-corrected chi connectivity index (χ0v) is 7.47. The molecule has 13 heavy (non-hydrogen) atoms. The Morgan fingerprint density at radius 2 is 2.08 bits per heavy atom. The van der Waals surface area contributed by atoms with Crippen LogP contribution in [-0.4, -0.2) is 11.1 Å². The van der Waals surface area contributed by atoms with Crippen molar-refractivity contribution in [1.82, 2.24) is 0 Å². The number of aromatic carboxylic acids is 1. The van der Waals surface area contributed by atoms with E-state index >= 15 is 0 Å². The maximum atomic E-state index is 10.5. The standard InChI is InChI=1S/C9H7NO2.ClH/c1-2-6-3-7(9(11)12)5-8(10)4-6;/h1,3-5H,10H2,(H,11,12);1H. The van der Waals surface area contributed by atoms with Gasteiger partial charge in [0.2, 0.25) is 0 Å². The summed E-state index contributed by atoms with van der Waals surface area (Å²) < 4.78 is 0. The van der Waals surface area contributed by atoms with E-state index in [4.69, 9.17) is 17.3 Å². The van der Waals surface area contributed by atoms with Gasteiger partial charge in [-0.2, -0.15) is 0 Å². The lowest BCUT2D eigenvalue weighted by molar-refractivity contribution is 0.0697. The molecule has 0 bridgehead atoms. The van der Waals surface area contributed by atoms with Crippen molar-refractivity contribution >= 4 is 24.1 Å². The van der Waals surface area contributed by atoms with Crippen LogP contribution in [0.15, 0.2) is 18.2 Å². The third-order valence-corrected chi connectivity index (χ3v) is 1.37.